The maximum Gasteiger partial charge on any atom is 0.174 e. The summed E-state index contributed by atoms with van der Waals surface area (Å²) in [4.78, 5) is 6.73. The van der Waals surface area contributed by atoms with Crippen LogP contribution >= 0.6 is 12.2 Å². The zero-order valence-corrected chi connectivity index (χ0v) is 14.1. The highest BCUT2D eigenvalue weighted by atomic mass is 32.1. The van der Waals surface area contributed by atoms with Gasteiger partial charge < -0.3 is 14.8 Å². The lowest BCUT2D eigenvalue weighted by Gasteiger charge is -2.27. The first-order valence-electron chi connectivity index (χ1n) is 7.91. The lowest BCUT2D eigenvalue weighted by atomic mass is 9.99. The summed E-state index contributed by atoms with van der Waals surface area (Å²) in [6.07, 6.45) is 6.04. The van der Waals surface area contributed by atoms with Crippen molar-refractivity contribution in [3.05, 3.63) is 84.4 Å². The topological polar surface area (TPSA) is 33.1 Å². The van der Waals surface area contributed by atoms with Gasteiger partial charge in [-0.1, -0.05) is 24.3 Å². The van der Waals surface area contributed by atoms with Gasteiger partial charge in [0.1, 0.15) is 0 Å². The predicted molar refractivity (Wildman–Crippen MR) is 99.8 cm³/mol. The highest BCUT2D eigenvalue weighted by Crippen LogP contribution is 2.41. The van der Waals surface area contributed by atoms with E-state index >= 15 is 0 Å². The van der Waals surface area contributed by atoms with Gasteiger partial charge in [-0.3, -0.25) is 4.98 Å². The minimum atomic E-state index is 0.0151. The van der Waals surface area contributed by atoms with Crippen molar-refractivity contribution >= 4 is 23.0 Å². The van der Waals surface area contributed by atoms with Crippen LogP contribution in [0.15, 0.2) is 73.2 Å². The van der Waals surface area contributed by atoms with Gasteiger partial charge in [-0.25, -0.2) is 0 Å². The summed E-state index contributed by atoms with van der Waals surface area (Å²) in [5.41, 5.74) is 3.29. The number of nitrogens with zero attached hydrogens (tertiary/aromatic N) is 3. The second-order valence-corrected chi connectivity index (χ2v) is 6.33. The largest absolute Gasteiger partial charge is 0.357 e. The summed E-state index contributed by atoms with van der Waals surface area (Å²) in [5.74, 6) is 0. The van der Waals surface area contributed by atoms with Crippen molar-refractivity contribution < 1.29 is 0 Å². The second kappa shape index (κ2) is 6.09. The summed E-state index contributed by atoms with van der Waals surface area (Å²) in [7, 11) is 2.03. The Kier molecular flexibility index (Phi) is 3.78. The van der Waals surface area contributed by atoms with Gasteiger partial charge in [0.05, 0.1) is 17.8 Å². The molecule has 3 aromatic rings. The number of para-hydroxylation sites is 1. The minimum Gasteiger partial charge on any atom is -0.357 e. The van der Waals surface area contributed by atoms with Crippen LogP contribution in [0.4, 0.5) is 5.69 Å². The molecule has 1 aliphatic heterocycles. The van der Waals surface area contributed by atoms with Gasteiger partial charge in [0.15, 0.2) is 5.11 Å². The molecule has 0 saturated carbocycles. The normalized spacial score (nSPS) is 20.2. The molecule has 2 aromatic heterocycles. The maximum absolute atomic E-state index is 5.66. The standard InChI is InChI=1S/C19H18N4S/c1-22-12-10-14(13-22)18-17(16-9-5-6-11-20-16)21-19(24)23(18)15-7-3-2-4-8-15/h2-13,17-18H,1H3,(H,21,24)/t17-,18+/m1/s1. The molecule has 2 atom stereocenters. The molecule has 5 heteroatoms. The quantitative estimate of drug-likeness (QED) is 0.742. The third-order valence-corrected chi connectivity index (χ3v) is 4.64. The fourth-order valence-electron chi connectivity index (χ4n) is 3.26. The molecule has 0 radical (unpaired) electrons. The highest BCUT2D eigenvalue weighted by molar-refractivity contribution is 7.80. The van der Waals surface area contributed by atoms with E-state index in [0.717, 1.165) is 16.5 Å². The van der Waals surface area contributed by atoms with Crippen molar-refractivity contribution in [2.45, 2.75) is 12.1 Å². The van der Waals surface area contributed by atoms with E-state index in [1.54, 1.807) is 0 Å². The van der Waals surface area contributed by atoms with Gasteiger partial charge in [0.2, 0.25) is 0 Å². The molecule has 0 spiro atoms. The molecule has 1 fully saturated rings. The van der Waals surface area contributed by atoms with Crippen molar-refractivity contribution in [3.8, 4) is 0 Å². The summed E-state index contributed by atoms with van der Waals surface area (Å²) in [5, 5.41) is 4.19. The zero-order chi connectivity index (χ0) is 16.5. The fraction of sp³-hybridized carbons (Fsp3) is 0.158. The fourth-order valence-corrected chi connectivity index (χ4v) is 3.61. The van der Waals surface area contributed by atoms with Gasteiger partial charge in [-0.15, -0.1) is 0 Å². The van der Waals surface area contributed by atoms with Gasteiger partial charge >= 0.3 is 0 Å². The van der Waals surface area contributed by atoms with E-state index in [9.17, 15) is 0 Å². The van der Waals surface area contributed by atoms with E-state index < -0.39 is 0 Å². The van der Waals surface area contributed by atoms with Crippen LogP contribution in [-0.2, 0) is 7.05 Å². The Hall–Kier alpha value is -2.66. The Balaban J connectivity index is 1.82. The number of nitrogens with one attached hydrogen (secondary N) is 1. The highest BCUT2D eigenvalue weighted by Gasteiger charge is 2.40. The van der Waals surface area contributed by atoms with Crippen LogP contribution in [0.1, 0.15) is 23.3 Å². The number of pyridine rings is 1. The minimum absolute atomic E-state index is 0.0151. The van der Waals surface area contributed by atoms with Crippen molar-refractivity contribution in [1.29, 1.82) is 0 Å². The Morgan fingerprint density at radius 3 is 2.50 bits per heavy atom. The molecular weight excluding hydrogens is 316 g/mol. The van der Waals surface area contributed by atoms with Crippen molar-refractivity contribution in [3.63, 3.8) is 0 Å². The Bertz CT molecular complexity index is 844. The summed E-state index contributed by atoms with van der Waals surface area (Å²) in [6, 6.07) is 18.5. The monoisotopic (exact) mass is 334 g/mol. The van der Waals surface area contributed by atoms with E-state index in [1.165, 1.54) is 5.56 Å². The third kappa shape index (κ3) is 2.57. The molecule has 0 aliphatic carbocycles. The van der Waals surface area contributed by atoms with E-state index in [0.29, 0.717) is 0 Å². The predicted octanol–water partition coefficient (Wildman–Crippen LogP) is 3.60. The number of hydrogen-bond acceptors (Lipinski definition) is 2. The molecular formula is C19H18N4S. The Morgan fingerprint density at radius 2 is 1.83 bits per heavy atom. The first kappa shape index (κ1) is 14.9. The smallest absolute Gasteiger partial charge is 0.174 e. The third-order valence-electron chi connectivity index (χ3n) is 4.33. The van der Waals surface area contributed by atoms with E-state index in [2.05, 4.69) is 50.4 Å². The summed E-state index contributed by atoms with van der Waals surface area (Å²) in [6.45, 7) is 0. The molecule has 24 heavy (non-hydrogen) atoms. The number of hydrogen-bond donors (Lipinski definition) is 1. The van der Waals surface area contributed by atoms with Gasteiger partial charge in [-0.05, 0) is 48.1 Å². The van der Waals surface area contributed by atoms with E-state index in [4.69, 9.17) is 12.2 Å². The average Bonchev–Trinajstić information content (AvgIpc) is 3.19. The van der Waals surface area contributed by atoms with Crippen molar-refractivity contribution in [2.24, 2.45) is 7.05 Å². The lowest BCUT2D eigenvalue weighted by molar-refractivity contribution is 0.567. The number of rotatable bonds is 3. The second-order valence-electron chi connectivity index (χ2n) is 5.94. The summed E-state index contributed by atoms with van der Waals surface area (Å²) >= 11 is 5.66. The van der Waals surface area contributed by atoms with Gasteiger partial charge in [0, 0.05) is 31.3 Å². The van der Waals surface area contributed by atoms with Crippen LogP contribution in [0.2, 0.25) is 0 Å². The molecule has 0 bridgehead atoms. The van der Waals surface area contributed by atoms with Crippen molar-refractivity contribution in [1.82, 2.24) is 14.9 Å². The maximum atomic E-state index is 5.66. The zero-order valence-electron chi connectivity index (χ0n) is 13.3. The molecule has 3 heterocycles. The molecule has 4 rings (SSSR count). The van der Waals surface area contributed by atoms with E-state index in [1.807, 2.05) is 49.6 Å². The first-order chi connectivity index (χ1) is 11.7. The molecule has 1 saturated heterocycles. The number of aromatic nitrogens is 2. The molecule has 0 amide bonds. The average molecular weight is 334 g/mol. The van der Waals surface area contributed by atoms with Crippen LogP contribution < -0.4 is 10.2 Å². The number of benzene rings is 1. The van der Waals surface area contributed by atoms with E-state index in [-0.39, 0.29) is 12.1 Å². The summed E-state index contributed by atoms with van der Waals surface area (Å²) < 4.78 is 2.06. The molecule has 120 valence electrons. The lowest BCUT2D eigenvalue weighted by Crippen LogP contribution is -2.29. The van der Waals surface area contributed by atoms with Gasteiger partial charge in [0.25, 0.3) is 0 Å². The Morgan fingerprint density at radius 1 is 1.04 bits per heavy atom. The van der Waals surface area contributed by atoms with Crippen LogP contribution in [0.3, 0.4) is 0 Å². The van der Waals surface area contributed by atoms with Crippen LogP contribution in [0.25, 0.3) is 0 Å². The number of aryl methyl sites for hydroxylation is 1. The van der Waals surface area contributed by atoms with Crippen molar-refractivity contribution in [2.75, 3.05) is 4.90 Å². The van der Waals surface area contributed by atoms with Crippen LogP contribution in [0.5, 0.6) is 0 Å². The number of anilines is 1. The molecule has 1 N–H and O–H groups in total. The molecule has 4 nitrogen and oxygen atoms in total. The van der Waals surface area contributed by atoms with Crippen LogP contribution in [-0.4, -0.2) is 14.7 Å². The van der Waals surface area contributed by atoms with Crippen LogP contribution in [0, 0.1) is 0 Å². The molecule has 1 aliphatic rings. The molecule has 1 aromatic carbocycles. The SMILES string of the molecule is Cn1ccc([C@H]2[C@@H](c3ccccn3)NC(=S)N2c2ccccc2)c1. The number of thiocarbonyl (C=S) groups is 1. The van der Waals surface area contributed by atoms with Gasteiger partial charge in [-0.2, -0.15) is 0 Å². The molecule has 0 unspecified atom stereocenters. The first-order valence-corrected chi connectivity index (χ1v) is 8.32. The Labute approximate surface area is 146 Å².